The molecule has 7 heteroatoms. The lowest BCUT2D eigenvalue weighted by atomic mass is 9.79. The molecule has 0 aromatic carbocycles. The molecule has 146 valence electrons. The third-order valence-electron chi connectivity index (χ3n) is 4.81. The molecule has 1 saturated carbocycles. The third-order valence-corrected chi connectivity index (χ3v) is 4.81. The van der Waals surface area contributed by atoms with Crippen LogP contribution in [0.25, 0.3) is 0 Å². The number of carboxylic acid groups (broad SMARTS) is 1. The summed E-state index contributed by atoms with van der Waals surface area (Å²) >= 11 is 0. The van der Waals surface area contributed by atoms with E-state index in [0.717, 1.165) is 12.8 Å². The number of aliphatic carboxylic acids is 1. The number of hydrogen-bond donors (Lipinski definition) is 4. The summed E-state index contributed by atoms with van der Waals surface area (Å²) in [5.74, 6) is -1.08. The summed E-state index contributed by atoms with van der Waals surface area (Å²) in [6, 6.07) is -0.432. The molecule has 7 nitrogen and oxygen atoms in total. The van der Waals surface area contributed by atoms with Crippen LogP contribution < -0.4 is 10.6 Å². The Morgan fingerprint density at radius 2 is 1.88 bits per heavy atom. The maximum Gasteiger partial charge on any atom is 0.408 e. The van der Waals surface area contributed by atoms with E-state index in [4.69, 9.17) is 4.74 Å². The molecule has 0 radical (unpaired) electrons. The normalized spacial score (nSPS) is 23.3. The first-order chi connectivity index (χ1) is 11.5. The van der Waals surface area contributed by atoms with Crippen LogP contribution >= 0.6 is 0 Å². The predicted molar refractivity (Wildman–Crippen MR) is 95.4 cm³/mol. The summed E-state index contributed by atoms with van der Waals surface area (Å²) in [7, 11) is 0. The van der Waals surface area contributed by atoms with Gasteiger partial charge in [-0.25, -0.2) is 9.59 Å². The minimum absolute atomic E-state index is 0.259. The quantitative estimate of drug-likeness (QED) is 0.504. The van der Waals surface area contributed by atoms with Crippen molar-refractivity contribution >= 4 is 12.1 Å². The van der Waals surface area contributed by atoms with Gasteiger partial charge in [-0.1, -0.05) is 27.7 Å². The fraction of sp³-hybridized carbons (Fsp3) is 0.889. The maximum atomic E-state index is 12.1. The average Bonchev–Trinajstić information content (AvgIpc) is 2.87. The molecular formula is C18H34N2O5. The van der Waals surface area contributed by atoms with Crippen molar-refractivity contribution in [3.63, 3.8) is 0 Å². The van der Waals surface area contributed by atoms with E-state index >= 15 is 0 Å². The van der Waals surface area contributed by atoms with E-state index in [1.807, 2.05) is 13.8 Å². The van der Waals surface area contributed by atoms with Crippen LogP contribution in [0.5, 0.6) is 0 Å². The molecule has 1 rings (SSSR count). The van der Waals surface area contributed by atoms with Gasteiger partial charge in [0.15, 0.2) is 0 Å². The molecule has 0 spiro atoms. The second kappa shape index (κ2) is 9.38. The first-order valence-corrected chi connectivity index (χ1v) is 9.17. The smallest absolute Gasteiger partial charge is 0.408 e. The van der Waals surface area contributed by atoms with Gasteiger partial charge < -0.3 is 25.6 Å². The summed E-state index contributed by atoms with van der Waals surface area (Å²) in [6.07, 6.45) is 1.45. The number of carboxylic acids is 1. The van der Waals surface area contributed by atoms with Gasteiger partial charge in [0.1, 0.15) is 12.1 Å². The van der Waals surface area contributed by atoms with Crippen LogP contribution in [0, 0.1) is 5.41 Å². The first kappa shape index (κ1) is 21.7. The van der Waals surface area contributed by atoms with Crippen LogP contribution in [0.15, 0.2) is 0 Å². The van der Waals surface area contributed by atoms with Crippen molar-refractivity contribution in [3.05, 3.63) is 0 Å². The summed E-state index contributed by atoms with van der Waals surface area (Å²) in [5, 5.41) is 25.1. The lowest BCUT2D eigenvalue weighted by Gasteiger charge is -2.33. The number of aliphatic hydroxyl groups is 1. The molecule has 0 aromatic heterocycles. The lowest BCUT2D eigenvalue weighted by Crippen LogP contribution is -2.51. The number of amides is 1. The molecule has 4 N–H and O–H groups in total. The molecule has 1 aliphatic rings. The summed E-state index contributed by atoms with van der Waals surface area (Å²) in [6.45, 7) is 9.86. The fourth-order valence-corrected chi connectivity index (χ4v) is 3.31. The number of ether oxygens (including phenoxy) is 1. The van der Waals surface area contributed by atoms with Crippen LogP contribution in [-0.2, 0) is 9.53 Å². The van der Waals surface area contributed by atoms with E-state index in [-0.39, 0.29) is 6.04 Å². The second-order valence-corrected chi connectivity index (χ2v) is 8.11. The third kappa shape index (κ3) is 7.20. The molecule has 1 unspecified atom stereocenters. The van der Waals surface area contributed by atoms with Crippen molar-refractivity contribution in [1.29, 1.82) is 0 Å². The SMILES string of the molecule is CC(C)NC(C)CCC(C)(C)[C@H](NC(=O)O[C@@H]1CCC[C@H]1O)C(=O)O. The molecule has 25 heavy (non-hydrogen) atoms. The number of aliphatic hydroxyl groups excluding tert-OH is 1. The zero-order valence-electron chi connectivity index (χ0n) is 16.0. The molecule has 1 aliphatic carbocycles. The van der Waals surface area contributed by atoms with Gasteiger partial charge in [-0.05, 0) is 44.4 Å². The van der Waals surface area contributed by atoms with Crippen LogP contribution in [0.3, 0.4) is 0 Å². The Morgan fingerprint density at radius 1 is 1.24 bits per heavy atom. The average molecular weight is 358 g/mol. The van der Waals surface area contributed by atoms with Crippen molar-refractivity contribution in [3.8, 4) is 0 Å². The largest absolute Gasteiger partial charge is 0.480 e. The summed E-state index contributed by atoms with van der Waals surface area (Å²) in [5.41, 5.74) is -0.633. The van der Waals surface area contributed by atoms with E-state index < -0.39 is 35.7 Å². The van der Waals surface area contributed by atoms with Gasteiger partial charge in [-0.15, -0.1) is 0 Å². The minimum Gasteiger partial charge on any atom is -0.480 e. The Kier molecular flexibility index (Phi) is 8.15. The maximum absolute atomic E-state index is 12.1. The summed E-state index contributed by atoms with van der Waals surface area (Å²) < 4.78 is 5.20. The van der Waals surface area contributed by atoms with Gasteiger partial charge in [-0.2, -0.15) is 0 Å². The van der Waals surface area contributed by atoms with Gasteiger partial charge in [0.05, 0.1) is 6.10 Å². The molecular weight excluding hydrogens is 324 g/mol. The van der Waals surface area contributed by atoms with Crippen molar-refractivity contribution in [2.75, 3.05) is 0 Å². The highest BCUT2D eigenvalue weighted by molar-refractivity contribution is 5.80. The molecule has 0 heterocycles. The number of nitrogens with one attached hydrogen (secondary N) is 2. The molecule has 1 fully saturated rings. The zero-order valence-corrected chi connectivity index (χ0v) is 16.0. The van der Waals surface area contributed by atoms with E-state index in [2.05, 4.69) is 31.4 Å². The highest BCUT2D eigenvalue weighted by Crippen LogP contribution is 2.29. The number of alkyl carbamates (subject to hydrolysis) is 1. The molecule has 4 atom stereocenters. The Morgan fingerprint density at radius 3 is 2.36 bits per heavy atom. The lowest BCUT2D eigenvalue weighted by molar-refractivity contribution is -0.142. The van der Waals surface area contributed by atoms with Gasteiger partial charge in [-0.3, -0.25) is 0 Å². The molecule has 0 saturated heterocycles. The molecule has 0 aromatic rings. The standard InChI is InChI=1S/C18H34N2O5/c1-11(2)19-12(3)9-10-18(4,5)15(16(22)23)20-17(24)25-14-8-6-7-13(14)21/h11-15,19,21H,6-10H2,1-5H3,(H,20,24)(H,22,23)/t12?,13-,14-,15-/m1/s1. The Balaban J connectivity index is 2.60. The van der Waals surface area contributed by atoms with Gasteiger partial charge >= 0.3 is 12.1 Å². The Bertz CT molecular complexity index is 453. The minimum atomic E-state index is -1.08. The van der Waals surface area contributed by atoms with Gasteiger partial charge in [0.2, 0.25) is 0 Å². The number of carbonyl (C=O) groups is 2. The topological polar surface area (TPSA) is 108 Å². The second-order valence-electron chi connectivity index (χ2n) is 8.11. The van der Waals surface area contributed by atoms with E-state index in [1.54, 1.807) is 0 Å². The van der Waals surface area contributed by atoms with Crippen molar-refractivity contribution < 1.29 is 24.5 Å². The number of hydrogen-bond acceptors (Lipinski definition) is 5. The predicted octanol–water partition coefficient (Wildman–Crippen LogP) is 2.27. The zero-order chi connectivity index (χ0) is 19.2. The highest BCUT2D eigenvalue weighted by Gasteiger charge is 2.38. The Hall–Kier alpha value is -1.34. The fourth-order valence-electron chi connectivity index (χ4n) is 3.31. The number of rotatable bonds is 9. The summed E-state index contributed by atoms with van der Waals surface area (Å²) in [4.78, 5) is 23.7. The molecule has 0 bridgehead atoms. The number of carbonyl (C=O) groups excluding carboxylic acids is 1. The molecule has 1 amide bonds. The van der Waals surface area contributed by atoms with Crippen molar-refractivity contribution in [1.82, 2.24) is 10.6 Å². The van der Waals surface area contributed by atoms with E-state index in [0.29, 0.717) is 25.3 Å². The van der Waals surface area contributed by atoms with E-state index in [9.17, 15) is 19.8 Å². The van der Waals surface area contributed by atoms with Crippen LogP contribution in [0.1, 0.15) is 66.7 Å². The first-order valence-electron chi connectivity index (χ1n) is 9.17. The molecule has 0 aliphatic heterocycles. The highest BCUT2D eigenvalue weighted by atomic mass is 16.6. The Labute approximate surface area is 150 Å². The van der Waals surface area contributed by atoms with Crippen LogP contribution in [-0.4, -0.2) is 52.6 Å². The van der Waals surface area contributed by atoms with Crippen molar-refractivity contribution in [2.24, 2.45) is 5.41 Å². The van der Waals surface area contributed by atoms with Gasteiger partial charge in [0, 0.05) is 12.1 Å². The van der Waals surface area contributed by atoms with E-state index in [1.165, 1.54) is 0 Å². The van der Waals surface area contributed by atoms with Crippen LogP contribution in [0.2, 0.25) is 0 Å². The van der Waals surface area contributed by atoms with Gasteiger partial charge in [0.25, 0.3) is 0 Å². The monoisotopic (exact) mass is 358 g/mol. The van der Waals surface area contributed by atoms with Crippen molar-refractivity contribution in [2.45, 2.75) is 97.1 Å². The van der Waals surface area contributed by atoms with Crippen LogP contribution in [0.4, 0.5) is 4.79 Å².